The number of nitrogens with one attached hydrogen (secondary N) is 1. The second-order valence-corrected chi connectivity index (χ2v) is 7.49. The standard InChI is InChI=1S/C21H29FN4O/c1-4-23-21(26-12-15(2)11-16(3)13-26)24-10-9-19-14-27-20(25-19)17-5-7-18(22)8-6-17/h5-8,14-16H,4,9-13H2,1-3H3,(H,23,24). The molecule has 2 unspecified atom stereocenters. The number of aliphatic imine (C=N–C) groups is 1. The number of halogens is 1. The van der Waals surface area contributed by atoms with Gasteiger partial charge in [-0.05, 0) is 49.4 Å². The summed E-state index contributed by atoms with van der Waals surface area (Å²) in [5.41, 5.74) is 1.63. The molecular weight excluding hydrogens is 343 g/mol. The molecule has 0 saturated carbocycles. The van der Waals surface area contributed by atoms with E-state index in [2.05, 4.69) is 36.0 Å². The molecule has 2 heterocycles. The molecule has 0 bridgehead atoms. The molecule has 1 aromatic carbocycles. The van der Waals surface area contributed by atoms with Crippen molar-refractivity contribution in [3.05, 3.63) is 42.0 Å². The van der Waals surface area contributed by atoms with Crippen LogP contribution in [0.1, 0.15) is 32.9 Å². The lowest BCUT2D eigenvalue weighted by Gasteiger charge is -2.37. The van der Waals surface area contributed by atoms with Crippen LogP contribution in [-0.2, 0) is 6.42 Å². The van der Waals surface area contributed by atoms with Crippen LogP contribution < -0.4 is 5.32 Å². The summed E-state index contributed by atoms with van der Waals surface area (Å²) in [4.78, 5) is 11.7. The third kappa shape index (κ3) is 5.31. The van der Waals surface area contributed by atoms with Crippen LogP contribution in [0.5, 0.6) is 0 Å². The fourth-order valence-electron chi connectivity index (χ4n) is 3.68. The van der Waals surface area contributed by atoms with E-state index in [9.17, 15) is 4.39 Å². The molecule has 6 heteroatoms. The lowest BCUT2D eigenvalue weighted by molar-refractivity contribution is 0.208. The van der Waals surface area contributed by atoms with Crippen LogP contribution in [-0.4, -0.2) is 42.0 Å². The molecule has 2 atom stereocenters. The summed E-state index contributed by atoms with van der Waals surface area (Å²) < 4.78 is 18.6. The predicted molar refractivity (Wildman–Crippen MR) is 106 cm³/mol. The van der Waals surface area contributed by atoms with Crippen LogP contribution >= 0.6 is 0 Å². The van der Waals surface area contributed by atoms with E-state index in [4.69, 9.17) is 9.41 Å². The topological polar surface area (TPSA) is 53.7 Å². The van der Waals surface area contributed by atoms with Gasteiger partial charge in [0.15, 0.2) is 5.96 Å². The fraction of sp³-hybridized carbons (Fsp3) is 0.524. The minimum Gasteiger partial charge on any atom is -0.444 e. The van der Waals surface area contributed by atoms with E-state index in [0.717, 1.165) is 36.9 Å². The number of benzene rings is 1. The van der Waals surface area contributed by atoms with E-state index in [-0.39, 0.29) is 5.82 Å². The maximum Gasteiger partial charge on any atom is 0.226 e. The van der Waals surface area contributed by atoms with Crippen molar-refractivity contribution in [3.8, 4) is 11.5 Å². The summed E-state index contributed by atoms with van der Waals surface area (Å²) in [5.74, 6) is 2.60. The maximum absolute atomic E-state index is 13.0. The van der Waals surface area contributed by atoms with Crippen molar-refractivity contribution in [2.75, 3.05) is 26.2 Å². The van der Waals surface area contributed by atoms with E-state index in [1.54, 1.807) is 18.4 Å². The van der Waals surface area contributed by atoms with E-state index in [1.807, 2.05) is 0 Å². The van der Waals surface area contributed by atoms with Gasteiger partial charge in [-0.1, -0.05) is 13.8 Å². The van der Waals surface area contributed by atoms with Crippen LogP contribution in [0.15, 0.2) is 39.9 Å². The number of nitrogens with zero attached hydrogens (tertiary/aromatic N) is 3. The van der Waals surface area contributed by atoms with Crippen molar-refractivity contribution in [2.24, 2.45) is 16.8 Å². The fourth-order valence-corrected chi connectivity index (χ4v) is 3.68. The monoisotopic (exact) mass is 372 g/mol. The summed E-state index contributed by atoms with van der Waals surface area (Å²) in [6.45, 7) is 10.3. The highest BCUT2D eigenvalue weighted by Crippen LogP contribution is 2.21. The Balaban J connectivity index is 1.61. The zero-order valence-electron chi connectivity index (χ0n) is 16.4. The zero-order chi connectivity index (χ0) is 19.2. The molecule has 0 amide bonds. The second-order valence-electron chi connectivity index (χ2n) is 7.49. The SMILES string of the molecule is CCNC(=NCCc1coc(-c2ccc(F)cc2)n1)N1CC(C)CC(C)C1. The van der Waals surface area contributed by atoms with Gasteiger partial charge in [-0.15, -0.1) is 0 Å². The molecule has 1 saturated heterocycles. The van der Waals surface area contributed by atoms with E-state index in [1.165, 1.54) is 18.6 Å². The highest BCUT2D eigenvalue weighted by molar-refractivity contribution is 5.80. The van der Waals surface area contributed by atoms with Gasteiger partial charge in [0.1, 0.15) is 12.1 Å². The normalized spacial score (nSPS) is 20.7. The number of aromatic nitrogens is 1. The minimum absolute atomic E-state index is 0.267. The Hall–Kier alpha value is -2.37. The summed E-state index contributed by atoms with van der Waals surface area (Å²) in [7, 11) is 0. The Morgan fingerprint density at radius 2 is 1.96 bits per heavy atom. The molecule has 27 heavy (non-hydrogen) atoms. The van der Waals surface area contributed by atoms with Crippen molar-refractivity contribution < 1.29 is 8.81 Å². The lowest BCUT2D eigenvalue weighted by Crippen LogP contribution is -2.48. The van der Waals surface area contributed by atoms with Crippen LogP contribution in [0.3, 0.4) is 0 Å². The third-order valence-corrected chi connectivity index (χ3v) is 4.78. The zero-order valence-corrected chi connectivity index (χ0v) is 16.4. The lowest BCUT2D eigenvalue weighted by atomic mass is 9.92. The number of hydrogen-bond donors (Lipinski definition) is 1. The molecule has 3 rings (SSSR count). The highest BCUT2D eigenvalue weighted by Gasteiger charge is 2.23. The van der Waals surface area contributed by atoms with Crippen LogP contribution in [0.4, 0.5) is 4.39 Å². The number of hydrogen-bond acceptors (Lipinski definition) is 3. The first-order valence-corrected chi connectivity index (χ1v) is 9.78. The van der Waals surface area contributed by atoms with Gasteiger partial charge in [-0.3, -0.25) is 4.99 Å². The average molecular weight is 372 g/mol. The Morgan fingerprint density at radius 3 is 2.63 bits per heavy atom. The van der Waals surface area contributed by atoms with Gasteiger partial charge in [0.25, 0.3) is 0 Å². The number of rotatable bonds is 5. The van der Waals surface area contributed by atoms with Crippen molar-refractivity contribution >= 4 is 5.96 Å². The van der Waals surface area contributed by atoms with E-state index >= 15 is 0 Å². The summed E-state index contributed by atoms with van der Waals surface area (Å²) >= 11 is 0. The van der Waals surface area contributed by atoms with E-state index in [0.29, 0.717) is 30.7 Å². The van der Waals surface area contributed by atoms with Gasteiger partial charge >= 0.3 is 0 Å². The molecule has 2 aromatic rings. The Labute approximate surface area is 160 Å². The smallest absolute Gasteiger partial charge is 0.226 e. The quantitative estimate of drug-likeness (QED) is 0.637. The van der Waals surface area contributed by atoms with Crippen molar-refractivity contribution in [3.63, 3.8) is 0 Å². The molecule has 0 radical (unpaired) electrons. The number of piperidine rings is 1. The molecule has 1 aliphatic rings. The maximum atomic E-state index is 13.0. The molecule has 1 fully saturated rings. The third-order valence-electron chi connectivity index (χ3n) is 4.78. The Morgan fingerprint density at radius 1 is 1.26 bits per heavy atom. The number of guanidine groups is 1. The Bertz CT molecular complexity index is 746. The van der Waals surface area contributed by atoms with Gasteiger partial charge in [0.05, 0.1) is 5.69 Å². The minimum atomic E-state index is -0.267. The van der Waals surface area contributed by atoms with Crippen LogP contribution in [0, 0.1) is 17.7 Å². The van der Waals surface area contributed by atoms with Gasteiger partial charge in [0.2, 0.25) is 5.89 Å². The van der Waals surface area contributed by atoms with Gasteiger partial charge in [-0.2, -0.15) is 0 Å². The first-order chi connectivity index (χ1) is 13.0. The molecule has 146 valence electrons. The Kier molecular flexibility index (Phi) is 6.48. The largest absolute Gasteiger partial charge is 0.444 e. The first kappa shape index (κ1) is 19.4. The number of likely N-dealkylation sites (tertiary alicyclic amines) is 1. The van der Waals surface area contributed by atoms with Gasteiger partial charge < -0.3 is 14.6 Å². The predicted octanol–water partition coefficient (Wildman–Crippen LogP) is 3.97. The number of oxazole rings is 1. The molecule has 0 spiro atoms. The second kappa shape index (κ2) is 9.02. The van der Waals surface area contributed by atoms with Crippen molar-refractivity contribution in [2.45, 2.75) is 33.6 Å². The summed E-state index contributed by atoms with van der Waals surface area (Å²) in [5, 5.41) is 3.41. The highest BCUT2D eigenvalue weighted by atomic mass is 19.1. The molecule has 5 nitrogen and oxygen atoms in total. The van der Waals surface area contributed by atoms with Crippen molar-refractivity contribution in [1.82, 2.24) is 15.2 Å². The molecular formula is C21H29FN4O. The van der Waals surface area contributed by atoms with Crippen molar-refractivity contribution in [1.29, 1.82) is 0 Å². The summed E-state index contributed by atoms with van der Waals surface area (Å²) in [6.07, 6.45) is 3.64. The molecule has 0 aliphatic carbocycles. The first-order valence-electron chi connectivity index (χ1n) is 9.78. The molecule has 1 aromatic heterocycles. The van der Waals surface area contributed by atoms with Gasteiger partial charge in [0, 0.05) is 38.2 Å². The molecule has 1 N–H and O–H groups in total. The van der Waals surface area contributed by atoms with Gasteiger partial charge in [-0.25, -0.2) is 9.37 Å². The summed E-state index contributed by atoms with van der Waals surface area (Å²) in [6, 6.07) is 6.16. The molecule has 1 aliphatic heterocycles. The van der Waals surface area contributed by atoms with Crippen LogP contribution in [0.25, 0.3) is 11.5 Å². The average Bonchev–Trinajstić information content (AvgIpc) is 3.09. The van der Waals surface area contributed by atoms with E-state index < -0.39 is 0 Å². The van der Waals surface area contributed by atoms with Crippen LogP contribution in [0.2, 0.25) is 0 Å².